The first kappa shape index (κ1) is 65.6. The van der Waals surface area contributed by atoms with Gasteiger partial charge in [-0.25, -0.2) is 4.85 Å². The second-order valence-electron chi connectivity index (χ2n) is 25.8. The van der Waals surface area contributed by atoms with Gasteiger partial charge >= 0.3 is 5.97 Å². The molecule has 89 heavy (non-hydrogen) atoms. The summed E-state index contributed by atoms with van der Waals surface area (Å²) < 4.78 is 0. The molecule has 0 fully saturated rings. The van der Waals surface area contributed by atoms with Crippen LogP contribution in [-0.2, 0) is 34.9 Å². The molecule has 0 radical (unpaired) electrons. The van der Waals surface area contributed by atoms with Crippen molar-refractivity contribution < 1.29 is 9.90 Å². The number of unbranched alkanes of at least 4 members (excludes halogenated alkanes) is 13. The number of aliphatic carboxylic acids is 1. The standard InChI is InChI=1S/C82H98N2O2S3/c1-9-16-23-26-33-59-52-65(57-74(83-8)80(85)86)87-78(59)75-54-61(35-28-25-18-11-3)79(89-75)76-53-60(34-27-24-17-10-2)77(88-76)58-40-42-62(43-41-58)84(63-44-46-68-66-36-29-31-38-70(66)81(48-19-12-4,49-20-13-5)72(68)55-63)64-45-47-69-67-37-30-32-39-71(67)82(50-21-14-6,51-22-15-7)73(69)56-64/h29-32,36-47,52-57H,9-28,33-35,48-51H2,1-7H3,(H,85,86)/b74-57-. The van der Waals surface area contributed by atoms with E-state index in [0.717, 1.165) is 62.7 Å². The van der Waals surface area contributed by atoms with Gasteiger partial charge in [0, 0.05) is 57.2 Å². The van der Waals surface area contributed by atoms with Crippen LogP contribution in [0.25, 0.3) is 63.1 Å². The van der Waals surface area contributed by atoms with E-state index in [4.69, 9.17) is 6.57 Å². The molecule has 5 aromatic carbocycles. The molecular weight excluding hydrogens is 1140 g/mol. The van der Waals surface area contributed by atoms with Gasteiger partial charge in [-0.15, -0.1) is 34.0 Å². The number of hydrogen-bond acceptors (Lipinski definition) is 5. The topological polar surface area (TPSA) is 44.9 Å². The summed E-state index contributed by atoms with van der Waals surface area (Å²) in [5.41, 5.74) is 20.4. The van der Waals surface area contributed by atoms with Crippen molar-refractivity contribution in [2.24, 2.45) is 0 Å². The fraction of sp³-hybridized carbons (Fsp3) is 0.439. The third-order valence-corrected chi connectivity index (χ3v) is 23.5. The zero-order valence-electron chi connectivity index (χ0n) is 54.8. The summed E-state index contributed by atoms with van der Waals surface area (Å²) in [6.07, 6.45) is 33.0. The van der Waals surface area contributed by atoms with Crippen molar-refractivity contribution in [3.05, 3.63) is 188 Å². The van der Waals surface area contributed by atoms with Crippen molar-refractivity contribution in [1.29, 1.82) is 0 Å². The van der Waals surface area contributed by atoms with Crippen LogP contribution in [0.15, 0.2) is 133 Å². The minimum atomic E-state index is -1.17. The molecule has 3 aromatic heterocycles. The van der Waals surface area contributed by atoms with E-state index in [-0.39, 0.29) is 16.5 Å². The van der Waals surface area contributed by atoms with Crippen LogP contribution < -0.4 is 4.90 Å². The molecule has 0 aliphatic heterocycles. The number of aryl methyl sites for hydroxylation is 3. The summed E-state index contributed by atoms with van der Waals surface area (Å²) in [6, 6.07) is 50.7. The van der Waals surface area contributed by atoms with E-state index in [2.05, 4.69) is 186 Å². The molecule has 0 spiro atoms. The number of nitrogens with zero attached hydrogens (tertiary/aromatic N) is 2. The molecule has 1 N–H and O–H groups in total. The van der Waals surface area contributed by atoms with Crippen LogP contribution in [0.3, 0.4) is 0 Å². The number of hydrogen-bond donors (Lipinski definition) is 1. The molecule has 0 bridgehead atoms. The van der Waals surface area contributed by atoms with Gasteiger partial charge in [0.25, 0.3) is 5.70 Å². The number of thiophene rings is 3. The highest BCUT2D eigenvalue weighted by Gasteiger charge is 2.44. The third kappa shape index (κ3) is 14.1. The highest BCUT2D eigenvalue weighted by molar-refractivity contribution is 7.27. The first-order valence-electron chi connectivity index (χ1n) is 34.7. The van der Waals surface area contributed by atoms with E-state index < -0.39 is 5.97 Å². The summed E-state index contributed by atoms with van der Waals surface area (Å²) in [7, 11) is 0. The van der Waals surface area contributed by atoms with Crippen LogP contribution in [0.1, 0.15) is 246 Å². The van der Waals surface area contributed by atoms with Gasteiger partial charge in [-0.1, -0.05) is 230 Å². The zero-order chi connectivity index (χ0) is 62.3. The van der Waals surface area contributed by atoms with Gasteiger partial charge in [0.2, 0.25) is 0 Å². The lowest BCUT2D eigenvalue weighted by Gasteiger charge is -2.35. The van der Waals surface area contributed by atoms with E-state index in [1.54, 1.807) is 17.4 Å². The summed E-state index contributed by atoms with van der Waals surface area (Å²) in [5.74, 6) is -1.17. The largest absolute Gasteiger partial charge is 0.486 e. The molecule has 0 atom stereocenters. The monoisotopic (exact) mass is 1240 g/mol. The first-order chi connectivity index (χ1) is 43.6. The summed E-state index contributed by atoms with van der Waals surface area (Å²) in [6.45, 7) is 23.9. The van der Waals surface area contributed by atoms with Gasteiger partial charge in [-0.2, -0.15) is 0 Å². The predicted molar refractivity (Wildman–Crippen MR) is 387 cm³/mol. The second kappa shape index (κ2) is 31.1. The quantitative estimate of drug-likeness (QED) is 0.0245. The van der Waals surface area contributed by atoms with Crippen molar-refractivity contribution >= 4 is 63.1 Å². The van der Waals surface area contributed by atoms with E-state index >= 15 is 0 Å². The Hall–Kier alpha value is -6.30. The zero-order valence-corrected chi connectivity index (χ0v) is 57.2. The Balaban J connectivity index is 1.11. The van der Waals surface area contributed by atoms with Crippen LogP contribution in [0, 0.1) is 6.57 Å². The lowest BCUT2D eigenvalue weighted by Crippen LogP contribution is -2.26. The van der Waals surface area contributed by atoms with E-state index in [9.17, 15) is 9.90 Å². The number of anilines is 3. The minimum Gasteiger partial charge on any atom is -0.486 e. The number of carboxylic acids is 1. The number of carbonyl (C=O) groups is 1. The molecule has 3 heterocycles. The van der Waals surface area contributed by atoms with Crippen LogP contribution >= 0.6 is 34.0 Å². The van der Waals surface area contributed by atoms with Crippen LogP contribution in [0.5, 0.6) is 0 Å². The molecule has 10 rings (SSSR count). The Morgan fingerprint density at radius 1 is 0.438 bits per heavy atom. The number of fused-ring (bicyclic) bond motifs is 6. The molecule has 0 saturated heterocycles. The lowest BCUT2D eigenvalue weighted by atomic mass is 9.70. The molecule has 466 valence electrons. The average molecular weight is 1240 g/mol. The van der Waals surface area contributed by atoms with E-state index in [1.165, 1.54) is 224 Å². The summed E-state index contributed by atoms with van der Waals surface area (Å²) >= 11 is 5.55. The highest BCUT2D eigenvalue weighted by Crippen LogP contribution is 2.58. The lowest BCUT2D eigenvalue weighted by molar-refractivity contribution is -0.132. The smallest absolute Gasteiger partial charge is 0.333 e. The fourth-order valence-electron chi connectivity index (χ4n) is 14.9. The first-order valence-corrected chi connectivity index (χ1v) is 37.2. The maximum Gasteiger partial charge on any atom is 0.333 e. The van der Waals surface area contributed by atoms with Crippen LogP contribution in [0.4, 0.5) is 17.1 Å². The van der Waals surface area contributed by atoms with Crippen molar-refractivity contribution in [3.8, 4) is 52.2 Å². The van der Waals surface area contributed by atoms with Gasteiger partial charge in [0.05, 0.1) is 6.57 Å². The van der Waals surface area contributed by atoms with E-state index in [0.29, 0.717) is 0 Å². The maximum atomic E-state index is 12.1. The highest BCUT2D eigenvalue weighted by atomic mass is 32.1. The number of rotatable bonds is 35. The minimum absolute atomic E-state index is 0.0345. The number of carboxylic acid groups (broad SMARTS) is 1. The second-order valence-corrected chi connectivity index (χ2v) is 29.0. The van der Waals surface area contributed by atoms with Crippen molar-refractivity contribution in [2.75, 3.05) is 4.90 Å². The summed E-state index contributed by atoms with van der Waals surface area (Å²) in [5, 5.41) is 9.88. The Bertz CT molecular complexity index is 3590. The van der Waals surface area contributed by atoms with Crippen molar-refractivity contribution in [2.45, 2.75) is 233 Å². The molecule has 4 nitrogen and oxygen atoms in total. The van der Waals surface area contributed by atoms with Crippen LogP contribution in [-0.4, -0.2) is 11.1 Å². The maximum absolute atomic E-state index is 12.1. The van der Waals surface area contributed by atoms with Gasteiger partial charge in [0.1, 0.15) is 0 Å². The van der Waals surface area contributed by atoms with Gasteiger partial charge < -0.3 is 10.0 Å². The van der Waals surface area contributed by atoms with Gasteiger partial charge in [-0.05, 0) is 192 Å². The van der Waals surface area contributed by atoms with Crippen molar-refractivity contribution in [3.63, 3.8) is 0 Å². The fourth-order valence-corrected chi connectivity index (χ4v) is 18.8. The summed E-state index contributed by atoms with van der Waals surface area (Å²) in [4.78, 5) is 25.5. The Morgan fingerprint density at radius 2 is 0.831 bits per heavy atom. The Kier molecular flexibility index (Phi) is 23.0. The SMILES string of the molecule is [C-]#[N+]/C(=C\c1cc(CCCCCC)c(-c2cc(CCCCCC)c(-c3cc(CCCCCC)c(-c4ccc(N(c5ccc6c(c5)C(CCCC)(CCCC)c5ccccc5-6)c5ccc6c(c5)C(CCCC)(CCCC)c5ccccc5-6)cc4)s3)s2)s1)C(=O)O. The van der Waals surface area contributed by atoms with Crippen molar-refractivity contribution in [1.82, 2.24) is 0 Å². The Morgan fingerprint density at radius 3 is 1.27 bits per heavy atom. The molecule has 8 aromatic rings. The normalized spacial score (nSPS) is 13.5. The Labute approximate surface area is 547 Å². The molecule has 7 heteroatoms. The van der Waals surface area contributed by atoms with E-state index in [1.807, 2.05) is 22.7 Å². The van der Waals surface area contributed by atoms with Crippen LogP contribution in [0.2, 0.25) is 0 Å². The molecule has 2 aliphatic carbocycles. The van der Waals surface area contributed by atoms with Gasteiger partial charge in [-0.3, -0.25) is 4.79 Å². The molecule has 0 amide bonds. The van der Waals surface area contributed by atoms with Gasteiger partial charge in [0.15, 0.2) is 0 Å². The predicted octanol–water partition coefficient (Wildman–Crippen LogP) is 26.3. The molecular formula is C82H98N2O2S3. The molecule has 2 aliphatic rings. The third-order valence-electron chi connectivity index (χ3n) is 19.6. The molecule has 0 unspecified atom stereocenters. The number of benzene rings is 5. The molecule has 0 saturated carbocycles. The average Bonchev–Trinajstić information content (AvgIpc) is 1.59.